The number of nitro groups is 1. The molecule has 21 heavy (non-hydrogen) atoms. The fourth-order valence-corrected chi connectivity index (χ4v) is 2.02. The molecule has 7 heteroatoms. The molecule has 0 aromatic heterocycles. The van der Waals surface area contributed by atoms with Crippen molar-refractivity contribution in [2.45, 2.75) is 13.2 Å². The molecule has 0 amide bonds. The summed E-state index contributed by atoms with van der Waals surface area (Å²) in [6, 6.07) is 8.61. The molecule has 0 saturated heterocycles. The van der Waals surface area contributed by atoms with Gasteiger partial charge >= 0.3 is 0 Å². The second kappa shape index (κ2) is 6.51. The van der Waals surface area contributed by atoms with Crippen LogP contribution in [0.15, 0.2) is 36.4 Å². The average molecular weight is 311 g/mol. The second-order valence-electron chi connectivity index (χ2n) is 4.25. The molecular formula is C14H12ClFN2O3. The van der Waals surface area contributed by atoms with E-state index in [1.54, 1.807) is 6.07 Å². The monoisotopic (exact) mass is 310 g/mol. The Morgan fingerprint density at radius 1 is 1.29 bits per heavy atom. The van der Waals surface area contributed by atoms with Gasteiger partial charge in [-0.2, -0.15) is 0 Å². The van der Waals surface area contributed by atoms with Crippen LogP contribution < -0.4 is 10.5 Å². The minimum atomic E-state index is -0.561. The minimum Gasteiger partial charge on any atom is -0.485 e. The van der Waals surface area contributed by atoms with Gasteiger partial charge in [-0.25, -0.2) is 4.39 Å². The third-order valence-electron chi connectivity index (χ3n) is 2.88. The summed E-state index contributed by atoms with van der Waals surface area (Å²) in [7, 11) is 0. The number of nitro benzene ring substituents is 1. The molecule has 0 aliphatic rings. The molecule has 0 aliphatic heterocycles. The lowest BCUT2D eigenvalue weighted by Crippen LogP contribution is -2.06. The third-order valence-corrected chi connectivity index (χ3v) is 3.12. The van der Waals surface area contributed by atoms with Gasteiger partial charge in [-0.05, 0) is 18.2 Å². The van der Waals surface area contributed by atoms with Crippen molar-refractivity contribution in [1.29, 1.82) is 0 Å². The Balaban J connectivity index is 2.27. The zero-order valence-corrected chi connectivity index (χ0v) is 11.6. The van der Waals surface area contributed by atoms with Gasteiger partial charge in [0.2, 0.25) is 0 Å². The molecule has 0 unspecified atom stereocenters. The number of hydrogen-bond acceptors (Lipinski definition) is 4. The maximum atomic E-state index is 13.7. The predicted molar refractivity (Wildman–Crippen MR) is 76.7 cm³/mol. The van der Waals surface area contributed by atoms with E-state index in [4.69, 9.17) is 22.1 Å². The van der Waals surface area contributed by atoms with E-state index in [9.17, 15) is 14.5 Å². The van der Waals surface area contributed by atoms with Gasteiger partial charge in [-0.15, -0.1) is 0 Å². The Labute approximate surface area is 125 Å². The van der Waals surface area contributed by atoms with Crippen molar-refractivity contribution in [1.82, 2.24) is 0 Å². The van der Waals surface area contributed by atoms with E-state index in [1.165, 1.54) is 30.3 Å². The summed E-state index contributed by atoms with van der Waals surface area (Å²) < 4.78 is 19.1. The van der Waals surface area contributed by atoms with E-state index in [1.807, 2.05) is 0 Å². The smallest absolute Gasteiger partial charge is 0.277 e. The molecule has 0 fully saturated rings. The van der Waals surface area contributed by atoms with E-state index in [2.05, 4.69) is 0 Å². The van der Waals surface area contributed by atoms with E-state index >= 15 is 0 Å². The molecule has 2 rings (SSSR count). The molecule has 2 aromatic rings. The van der Waals surface area contributed by atoms with E-state index in [0.717, 1.165) is 0 Å². The molecule has 0 spiro atoms. The lowest BCUT2D eigenvalue weighted by atomic mass is 10.1. The molecule has 5 nitrogen and oxygen atoms in total. The van der Waals surface area contributed by atoms with Gasteiger partial charge in [0.1, 0.15) is 6.61 Å². The standard InChI is InChI=1S/C14H12ClFN2O3/c15-11-5-4-10(13(6-11)18(19)20)8-21-14-9(7-17)2-1-3-12(14)16/h1-6H,7-8,17H2. The summed E-state index contributed by atoms with van der Waals surface area (Å²) in [6.45, 7) is -0.0444. The van der Waals surface area contributed by atoms with Gasteiger partial charge in [0.25, 0.3) is 5.69 Å². The van der Waals surface area contributed by atoms with Crippen molar-refractivity contribution in [2.75, 3.05) is 0 Å². The third kappa shape index (κ3) is 3.48. The molecule has 2 N–H and O–H groups in total. The van der Waals surface area contributed by atoms with Crippen molar-refractivity contribution >= 4 is 17.3 Å². The minimum absolute atomic E-state index is 0.00393. The maximum absolute atomic E-state index is 13.7. The van der Waals surface area contributed by atoms with Crippen LogP contribution in [0, 0.1) is 15.9 Å². The van der Waals surface area contributed by atoms with Crippen molar-refractivity contribution in [3.8, 4) is 5.75 Å². The fourth-order valence-electron chi connectivity index (χ4n) is 1.85. The molecule has 2 aromatic carbocycles. The van der Waals surface area contributed by atoms with Crippen molar-refractivity contribution in [3.05, 3.63) is 68.5 Å². The summed E-state index contributed by atoms with van der Waals surface area (Å²) in [5.74, 6) is -0.557. The van der Waals surface area contributed by atoms with Gasteiger partial charge in [-0.3, -0.25) is 10.1 Å². The maximum Gasteiger partial charge on any atom is 0.277 e. The first-order chi connectivity index (χ1) is 10.0. The molecule has 110 valence electrons. The SMILES string of the molecule is NCc1cccc(F)c1OCc1ccc(Cl)cc1[N+](=O)[O-]. The lowest BCUT2D eigenvalue weighted by Gasteiger charge is -2.11. The Bertz CT molecular complexity index is 679. The van der Waals surface area contributed by atoms with E-state index < -0.39 is 10.7 Å². The van der Waals surface area contributed by atoms with Gasteiger partial charge in [0, 0.05) is 23.2 Å². The Hall–Kier alpha value is -2.18. The Morgan fingerprint density at radius 2 is 2.05 bits per heavy atom. The fraction of sp³-hybridized carbons (Fsp3) is 0.143. The number of para-hydroxylation sites is 1. The van der Waals surface area contributed by atoms with Gasteiger partial charge in [0.15, 0.2) is 11.6 Å². The van der Waals surface area contributed by atoms with Crippen molar-refractivity contribution in [2.24, 2.45) is 5.73 Å². The number of benzene rings is 2. The zero-order chi connectivity index (χ0) is 15.4. The van der Waals surface area contributed by atoms with Crippen molar-refractivity contribution < 1.29 is 14.1 Å². The number of halogens is 2. The average Bonchev–Trinajstić information content (AvgIpc) is 2.46. The molecule has 0 saturated carbocycles. The predicted octanol–water partition coefficient (Wildman–Crippen LogP) is 3.43. The summed E-state index contributed by atoms with van der Waals surface area (Å²) >= 11 is 5.73. The topological polar surface area (TPSA) is 78.4 Å². The van der Waals surface area contributed by atoms with Crippen LogP contribution in [-0.4, -0.2) is 4.92 Å². The molecule has 0 bridgehead atoms. The van der Waals surface area contributed by atoms with Crippen LogP contribution in [0.25, 0.3) is 0 Å². The molecular weight excluding hydrogens is 299 g/mol. The number of nitrogens with two attached hydrogens (primary N) is 1. The lowest BCUT2D eigenvalue weighted by molar-refractivity contribution is -0.385. The van der Waals surface area contributed by atoms with Crippen LogP contribution >= 0.6 is 11.6 Å². The van der Waals surface area contributed by atoms with E-state index in [0.29, 0.717) is 11.1 Å². The second-order valence-corrected chi connectivity index (χ2v) is 4.69. The largest absolute Gasteiger partial charge is 0.485 e. The normalized spacial score (nSPS) is 10.4. The van der Waals surface area contributed by atoms with Crippen LogP contribution in [0.4, 0.5) is 10.1 Å². The molecule has 0 heterocycles. The number of nitrogens with zero attached hydrogens (tertiary/aromatic N) is 1. The van der Waals surface area contributed by atoms with Crippen LogP contribution in [0.3, 0.4) is 0 Å². The van der Waals surface area contributed by atoms with E-state index in [-0.39, 0.29) is 29.6 Å². The highest BCUT2D eigenvalue weighted by Gasteiger charge is 2.16. The molecule has 0 aliphatic carbocycles. The number of hydrogen-bond donors (Lipinski definition) is 1. The highest BCUT2D eigenvalue weighted by Crippen LogP contribution is 2.27. The van der Waals surface area contributed by atoms with Crippen LogP contribution in [0.5, 0.6) is 5.75 Å². The zero-order valence-electron chi connectivity index (χ0n) is 10.9. The first kappa shape index (κ1) is 15.2. The summed E-state index contributed by atoms with van der Waals surface area (Å²) in [6.07, 6.45) is 0. The van der Waals surface area contributed by atoms with Crippen LogP contribution in [-0.2, 0) is 13.2 Å². The number of ether oxygens (including phenoxy) is 1. The Morgan fingerprint density at radius 3 is 2.71 bits per heavy atom. The Kier molecular flexibility index (Phi) is 4.72. The highest BCUT2D eigenvalue weighted by molar-refractivity contribution is 6.30. The van der Waals surface area contributed by atoms with Gasteiger partial charge in [0.05, 0.1) is 10.5 Å². The summed E-state index contributed by atoms with van der Waals surface area (Å²) in [4.78, 5) is 10.4. The van der Waals surface area contributed by atoms with Crippen LogP contribution in [0.2, 0.25) is 5.02 Å². The first-order valence-electron chi connectivity index (χ1n) is 6.06. The van der Waals surface area contributed by atoms with Crippen LogP contribution in [0.1, 0.15) is 11.1 Å². The highest BCUT2D eigenvalue weighted by atomic mass is 35.5. The summed E-state index contributed by atoms with van der Waals surface area (Å²) in [5.41, 5.74) is 6.13. The van der Waals surface area contributed by atoms with Gasteiger partial charge < -0.3 is 10.5 Å². The van der Waals surface area contributed by atoms with Gasteiger partial charge in [-0.1, -0.05) is 23.7 Å². The number of rotatable bonds is 5. The summed E-state index contributed by atoms with van der Waals surface area (Å²) in [5, 5.41) is 11.2. The quantitative estimate of drug-likeness (QED) is 0.678. The molecule has 0 atom stereocenters. The van der Waals surface area contributed by atoms with Crippen molar-refractivity contribution in [3.63, 3.8) is 0 Å². The molecule has 0 radical (unpaired) electrons. The first-order valence-corrected chi connectivity index (χ1v) is 6.43.